The summed E-state index contributed by atoms with van der Waals surface area (Å²) in [6.45, 7) is 4.00. The van der Waals surface area contributed by atoms with Gasteiger partial charge in [-0.3, -0.25) is 4.79 Å². The van der Waals surface area contributed by atoms with Crippen molar-refractivity contribution in [1.29, 1.82) is 0 Å². The predicted molar refractivity (Wildman–Crippen MR) is 104 cm³/mol. The normalized spacial score (nSPS) is 18.2. The van der Waals surface area contributed by atoms with Crippen LogP contribution in [0.25, 0.3) is 22.0 Å². The van der Waals surface area contributed by atoms with Crippen LogP contribution >= 0.6 is 0 Å². The van der Waals surface area contributed by atoms with Gasteiger partial charge in [-0.05, 0) is 45.5 Å². The molecule has 0 amide bonds. The Morgan fingerprint density at radius 3 is 2.73 bits per heavy atom. The Balaban J connectivity index is 1.77. The van der Waals surface area contributed by atoms with E-state index in [4.69, 9.17) is 0 Å². The molecule has 0 bridgehead atoms. The van der Waals surface area contributed by atoms with E-state index in [0.29, 0.717) is 17.3 Å². The molecular formula is C20H23N5O. The van der Waals surface area contributed by atoms with Crippen molar-refractivity contribution in [2.45, 2.75) is 25.8 Å². The van der Waals surface area contributed by atoms with Gasteiger partial charge in [0, 0.05) is 29.1 Å². The Morgan fingerprint density at radius 1 is 1.15 bits per heavy atom. The Hall–Kier alpha value is -2.73. The first kappa shape index (κ1) is 16.7. The molecule has 0 saturated carbocycles. The summed E-state index contributed by atoms with van der Waals surface area (Å²) in [7, 11) is 2.14. The number of H-pyrrole nitrogens is 1. The van der Waals surface area contributed by atoms with Gasteiger partial charge in [-0.15, -0.1) is 10.2 Å². The number of hydrogen-bond acceptors (Lipinski definition) is 5. The Bertz CT molecular complexity index is 997. The molecule has 26 heavy (non-hydrogen) atoms. The van der Waals surface area contributed by atoms with Gasteiger partial charge in [0.25, 0.3) is 5.56 Å². The Kier molecular flexibility index (Phi) is 4.42. The van der Waals surface area contributed by atoms with Gasteiger partial charge in [0.1, 0.15) is 5.69 Å². The van der Waals surface area contributed by atoms with Gasteiger partial charge in [0.15, 0.2) is 5.82 Å². The number of likely N-dealkylation sites (tertiary alicyclic amines) is 1. The first-order valence-electron chi connectivity index (χ1n) is 9.02. The van der Waals surface area contributed by atoms with Crippen LogP contribution in [0.4, 0.5) is 5.82 Å². The molecule has 1 fully saturated rings. The summed E-state index contributed by atoms with van der Waals surface area (Å²) in [5.74, 6) is 0.785. The van der Waals surface area contributed by atoms with Crippen LogP contribution in [0.2, 0.25) is 0 Å². The Labute approximate surface area is 152 Å². The second-order valence-electron chi connectivity index (χ2n) is 7.07. The minimum absolute atomic E-state index is 0.140. The summed E-state index contributed by atoms with van der Waals surface area (Å²) < 4.78 is 0. The highest BCUT2D eigenvalue weighted by atomic mass is 16.1. The van der Waals surface area contributed by atoms with Crippen LogP contribution in [0, 0.1) is 6.92 Å². The van der Waals surface area contributed by atoms with Crippen LogP contribution in [0.5, 0.6) is 0 Å². The molecule has 134 valence electrons. The third kappa shape index (κ3) is 3.20. The molecule has 6 nitrogen and oxygen atoms in total. The molecule has 0 spiro atoms. The highest BCUT2D eigenvalue weighted by Gasteiger charge is 2.19. The summed E-state index contributed by atoms with van der Waals surface area (Å²) in [6.07, 6.45) is 2.30. The summed E-state index contributed by atoms with van der Waals surface area (Å²) in [5, 5.41) is 14.3. The smallest absolute Gasteiger partial charge is 0.257 e. The average molecular weight is 349 g/mol. The lowest BCUT2D eigenvalue weighted by Gasteiger charge is -2.30. The number of aromatic amines is 1. The fourth-order valence-electron chi connectivity index (χ4n) is 3.65. The summed E-state index contributed by atoms with van der Waals surface area (Å²) in [4.78, 5) is 17.6. The van der Waals surface area contributed by atoms with Crippen LogP contribution < -0.4 is 10.9 Å². The number of aromatic nitrogens is 3. The minimum Gasteiger partial charge on any atom is -0.364 e. The molecule has 3 heterocycles. The van der Waals surface area contributed by atoms with Crippen LogP contribution in [0.3, 0.4) is 0 Å². The van der Waals surface area contributed by atoms with Gasteiger partial charge in [0.05, 0.1) is 5.56 Å². The molecular weight excluding hydrogens is 326 g/mol. The van der Waals surface area contributed by atoms with Gasteiger partial charge in [-0.1, -0.05) is 24.3 Å². The van der Waals surface area contributed by atoms with E-state index in [0.717, 1.165) is 41.8 Å². The number of nitrogens with zero attached hydrogens (tertiary/aromatic N) is 3. The van der Waals surface area contributed by atoms with Crippen LogP contribution in [-0.4, -0.2) is 46.3 Å². The number of aryl methyl sites for hydroxylation is 1. The molecule has 1 aromatic carbocycles. The zero-order valence-corrected chi connectivity index (χ0v) is 15.1. The van der Waals surface area contributed by atoms with E-state index in [9.17, 15) is 4.79 Å². The van der Waals surface area contributed by atoms with Crippen molar-refractivity contribution in [1.82, 2.24) is 20.1 Å². The largest absolute Gasteiger partial charge is 0.364 e. The SMILES string of the molecule is Cc1ccc(-c2nnc(NC3CCCN(C)C3)c3ccccc23)c(=O)[nH]1. The molecule has 1 aliphatic heterocycles. The van der Waals surface area contributed by atoms with E-state index >= 15 is 0 Å². The number of likely N-dealkylation sites (N-methyl/N-ethyl adjacent to an activating group) is 1. The number of nitrogens with one attached hydrogen (secondary N) is 2. The van der Waals surface area contributed by atoms with Gasteiger partial charge in [-0.25, -0.2) is 0 Å². The molecule has 1 atom stereocenters. The second-order valence-corrected chi connectivity index (χ2v) is 7.07. The van der Waals surface area contributed by atoms with Crippen molar-refractivity contribution in [3.63, 3.8) is 0 Å². The van der Waals surface area contributed by atoms with E-state index in [1.54, 1.807) is 0 Å². The lowest BCUT2D eigenvalue weighted by molar-refractivity contribution is 0.261. The highest BCUT2D eigenvalue weighted by Crippen LogP contribution is 2.29. The summed E-state index contributed by atoms with van der Waals surface area (Å²) >= 11 is 0. The van der Waals surface area contributed by atoms with Gasteiger partial charge in [-0.2, -0.15) is 0 Å². The van der Waals surface area contributed by atoms with Crippen molar-refractivity contribution in [3.8, 4) is 11.3 Å². The first-order chi connectivity index (χ1) is 12.6. The summed E-state index contributed by atoms with van der Waals surface area (Å²) in [6, 6.07) is 12.0. The molecule has 2 aromatic heterocycles. The highest BCUT2D eigenvalue weighted by molar-refractivity contribution is 5.99. The van der Waals surface area contributed by atoms with Crippen LogP contribution in [0.1, 0.15) is 18.5 Å². The number of rotatable bonds is 3. The lowest BCUT2D eigenvalue weighted by Crippen LogP contribution is -2.40. The van der Waals surface area contributed by atoms with Crippen molar-refractivity contribution in [3.05, 3.63) is 52.4 Å². The van der Waals surface area contributed by atoms with Crippen molar-refractivity contribution in [2.24, 2.45) is 0 Å². The lowest BCUT2D eigenvalue weighted by atomic mass is 10.0. The Morgan fingerprint density at radius 2 is 1.96 bits per heavy atom. The number of benzene rings is 1. The third-order valence-electron chi connectivity index (χ3n) is 4.96. The molecule has 0 radical (unpaired) electrons. The maximum atomic E-state index is 12.4. The number of fused-ring (bicyclic) bond motifs is 1. The van der Waals surface area contributed by atoms with Gasteiger partial charge >= 0.3 is 0 Å². The number of anilines is 1. The fraction of sp³-hybridized carbons (Fsp3) is 0.350. The van der Waals surface area contributed by atoms with E-state index < -0.39 is 0 Å². The van der Waals surface area contributed by atoms with Crippen LogP contribution in [0.15, 0.2) is 41.2 Å². The number of pyridine rings is 1. The zero-order valence-electron chi connectivity index (χ0n) is 15.1. The monoisotopic (exact) mass is 349 g/mol. The topological polar surface area (TPSA) is 73.9 Å². The van der Waals surface area contributed by atoms with E-state index in [-0.39, 0.29) is 5.56 Å². The third-order valence-corrected chi connectivity index (χ3v) is 4.96. The summed E-state index contributed by atoms with van der Waals surface area (Å²) in [5.41, 5.74) is 1.85. The van der Waals surface area contributed by atoms with Crippen LogP contribution in [-0.2, 0) is 0 Å². The molecule has 1 aliphatic rings. The molecule has 0 aliphatic carbocycles. The van der Waals surface area contributed by atoms with Gasteiger partial charge < -0.3 is 15.2 Å². The maximum absolute atomic E-state index is 12.4. The quantitative estimate of drug-likeness (QED) is 0.761. The standard InChI is InChI=1S/C20H23N5O/c1-13-9-10-17(20(26)21-13)18-15-7-3-4-8-16(15)19(24-23-18)22-14-6-5-11-25(2)12-14/h3-4,7-10,14H,5-6,11-12H2,1-2H3,(H,21,26)(H,22,24). The van der Waals surface area contributed by atoms with Crippen molar-refractivity contribution >= 4 is 16.6 Å². The molecule has 2 N–H and O–H groups in total. The minimum atomic E-state index is -0.140. The van der Waals surface area contributed by atoms with Gasteiger partial charge in [0.2, 0.25) is 0 Å². The predicted octanol–water partition coefficient (Wildman–Crippen LogP) is 2.80. The van der Waals surface area contributed by atoms with E-state index in [1.807, 2.05) is 43.3 Å². The maximum Gasteiger partial charge on any atom is 0.257 e. The molecule has 1 unspecified atom stereocenters. The van der Waals surface area contributed by atoms with Crippen molar-refractivity contribution < 1.29 is 0 Å². The fourth-order valence-corrected chi connectivity index (χ4v) is 3.65. The second kappa shape index (κ2) is 6.88. The molecule has 6 heteroatoms. The van der Waals surface area contributed by atoms with E-state index in [1.165, 1.54) is 6.42 Å². The molecule has 1 saturated heterocycles. The van der Waals surface area contributed by atoms with Crippen molar-refractivity contribution in [2.75, 3.05) is 25.5 Å². The molecule has 3 aromatic rings. The average Bonchev–Trinajstić information content (AvgIpc) is 2.63. The first-order valence-corrected chi connectivity index (χ1v) is 9.02. The zero-order chi connectivity index (χ0) is 18.1. The number of hydrogen-bond donors (Lipinski definition) is 2. The number of piperidine rings is 1. The van der Waals surface area contributed by atoms with E-state index in [2.05, 4.69) is 32.4 Å². The molecule has 4 rings (SSSR count).